The van der Waals surface area contributed by atoms with Crippen LogP contribution in [0.2, 0.25) is 0 Å². The first-order chi connectivity index (χ1) is 15.4. The number of carbonyl (C=O) groups is 3. The Hall–Kier alpha value is -3.94. The van der Waals surface area contributed by atoms with Crippen LogP contribution in [0.1, 0.15) is 53.0 Å². The number of fused-ring (bicyclic) bond motifs is 1. The molecule has 8 nitrogen and oxygen atoms in total. The average molecular weight is 431 g/mol. The van der Waals surface area contributed by atoms with E-state index < -0.39 is 17.9 Å². The highest BCUT2D eigenvalue weighted by atomic mass is 16.2. The number of amides is 3. The zero-order valence-corrected chi connectivity index (χ0v) is 18.0. The van der Waals surface area contributed by atoms with Gasteiger partial charge in [-0.1, -0.05) is 62.4 Å². The van der Waals surface area contributed by atoms with Gasteiger partial charge < -0.3 is 15.5 Å². The standard InChI is InChI=1S/C24H25N5O3/c1-15(2)19-12-20(28-27-19)26-21(30)13-25-23(31)22-17-10-6-7-11-18(17)24(32)29(22)14-16-8-4-3-5-9-16/h3-12,15,22H,13-14H2,1-2H3,(H,25,31)(H2,26,27,28,30). The molecule has 1 atom stereocenters. The summed E-state index contributed by atoms with van der Waals surface area (Å²) >= 11 is 0. The summed E-state index contributed by atoms with van der Waals surface area (Å²) in [6.07, 6.45) is 0. The van der Waals surface area contributed by atoms with Crippen molar-refractivity contribution in [1.29, 1.82) is 0 Å². The Morgan fingerprint density at radius 2 is 1.81 bits per heavy atom. The number of hydrogen-bond donors (Lipinski definition) is 3. The van der Waals surface area contributed by atoms with Crippen molar-refractivity contribution in [3.8, 4) is 0 Å². The summed E-state index contributed by atoms with van der Waals surface area (Å²) < 4.78 is 0. The Morgan fingerprint density at radius 3 is 2.53 bits per heavy atom. The Morgan fingerprint density at radius 1 is 1.09 bits per heavy atom. The Balaban J connectivity index is 1.46. The second-order valence-corrected chi connectivity index (χ2v) is 8.04. The molecule has 3 N–H and O–H groups in total. The fourth-order valence-electron chi connectivity index (χ4n) is 3.74. The molecule has 0 bridgehead atoms. The average Bonchev–Trinajstić information content (AvgIpc) is 3.36. The first-order valence-corrected chi connectivity index (χ1v) is 10.5. The lowest BCUT2D eigenvalue weighted by molar-refractivity contribution is -0.127. The quantitative estimate of drug-likeness (QED) is 0.535. The van der Waals surface area contributed by atoms with Crippen molar-refractivity contribution in [2.24, 2.45) is 0 Å². The van der Waals surface area contributed by atoms with Crippen molar-refractivity contribution in [3.63, 3.8) is 0 Å². The normalized spacial score (nSPS) is 15.0. The highest BCUT2D eigenvalue weighted by molar-refractivity contribution is 6.05. The molecule has 3 aromatic rings. The van der Waals surface area contributed by atoms with Crippen molar-refractivity contribution >= 4 is 23.5 Å². The first kappa shape index (κ1) is 21.3. The van der Waals surface area contributed by atoms with E-state index in [0.29, 0.717) is 23.5 Å². The van der Waals surface area contributed by atoms with Gasteiger partial charge in [0.2, 0.25) is 11.8 Å². The van der Waals surface area contributed by atoms with Crippen LogP contribution in [0.4, 0.5) is 5.82 Å². The van der Waals surface area contributed by atoms with E-state index in [2.05, 4.69) is 20.8 Å². The summed E-state index contributed by atoms with van der Waals surface area (Å²) in [6, 6.07) is 17.5. The zero-order valence-electron chi connectivity index (χ0n) is 18.0. The van der Waals surface area contributed by atoms with Crippen LogP contribution in [0.15, 0.2) is 60.7 Å². The summed E-state index contributed by atoms with van der Waals surface area (Å²) in [6.45, 7) is 4.10. The molecule has 8 heteroatoms. The van der Waals surface area contributed by atoms with Crippen molar-refractivity contribution in [1.82, 2.24) is 20.4 Å². The number of carbonyl (C=O) groups excluding carboxylic acids is 3. The van der Waals surface area contributed by atoms with E-state index in [1.165, 1.54) is 4.90 Å². The van der Waals surface area contributed by atoms with Crippen LogP contribution in [0.5, 0.6) is 0 Å². The minimum Gasteiger partial charge on any atom is -0.345 e. The van der Waals surface area contributed by atoms with E-state index in [4.69, 9.17) is 0 Å². The van der Waals surface area contributed by atoms with Crippen molar-refractivity contribution in [2.75, 3.05) is 11.9 Å². The molecule has 0 saturated heterocycles. The molecule has 0 radical (unpaired) electrons. The van der Waals surface area contributed by atoms with Gasteiger partial charge in [0.05, 0.1) is 6.54 Å². The van der Waals surface area contributed by atoms with Gasteiger partial charge in [0.15, 0.2) is 5.82 Å². The van der Waals surface area contributed by atoms with E-state index in [1.807, 2.05) is 44.2 Å². The molecule has 4 rings (SSSR count). The molecule has 3 amide bonds. The minimum atomic E-state index is -0.801. The molecular formula is C24H25N5O3. The number of nitrogens with zero attached hydrogens (tertiary/aromatic N) is 2. The van der Waals surface area contributed by atoms with Crippen molar-refractivity contribution in [3.05, 3.63) is 83.0 Å². The third kappa shape index (κ3) is 4.39. The highest BCUT2D eigenvalue weighted by Gasteiger charge is 2.40. The van der Waals surface area contributed by atoms with Crippen LogP contribution < -0.4 is 10.6 Å². The Kier molecular flexibility index (Phi) is 6.02. The molecule has 1 unspecified atom stereocenters. The highest BCUT2D eigenvalue weighted by Crippen LogP contribution is 2.34. The number of aromatic amines is 1. The molecule has 2 aromatic carbocycles. The molecule has 1 aliphatic heterocycles. The number of anilines is 1. The summed E-state index contributed by atoms with van der Waals surface area (Å²) in [5.41, 5.74) is 2.97. The molecule has 1 aromatic heterocycles. The fourth-order valence-corrected chi connectivity index (χ4v) is 3.74. The molecule has 0 spiro atoms. The predicted octanol–water partition coefficient (Wildman–Crippen LogP) is 2.99. The monoisotopic (exact) mass is 431 g/mol. The van der Waals surface area contributed by atoms with E-state index in [-0.39, 0.29) is 18.4 Å². The van der Waals surface area contributed by atoms with E-state index in [9.17, 15) is 14.4 Å². The molecular weight excluding hydrogens is 406 g/mol. The number of aromatic nitrogens is 2. The Bertz CT molecular complexity index is 1140. The third-order valence-corrected chi connectivity index (χ3v) is 5.41. The molecule has 2 heterocycles. The van der Waals surface area contributed by atoms with Crippen LogP contribution in [-0.4, -0.2) is 39.4 Å². The van der Waals surface area contributed by atoms with Gasteiger partial charge in [0, 0.05) is 23.9 Å². The predicted molar refractivity (Wildman–Crippen MR) is 120 cm³/mol. The van der Waals surface area contributed by atoms with Gasteiger partial charge in [-0.25, -0.2) is 0 Å². The lowest BCUT2D eigenvalue weighted by atomic mass is 10.0. The largest absolute Gasteiger partial charge is 0.345 e. The maximum absolute atomic E-state index is 13.1. The van der Waals surface area contributed by atoms with E-state index >= 15 is 0 Å². The van der Waals surface area contributed by atoms with Gasteiger partial charge in [0.25, 0.3) is 5.91 Å². The summed E-state index contributed by atoms with van der Waals surface area (Å²) in [7, 11) is 0. The SMILES string of the molecule is CC(C)c1cc(NC(=O)CNC(=O)C2c3ccccc3C(=O)N2Cc2ccccc2)n[nH]1. The van der Waals surface area contributed by atoms with Crippen molar-refractivity contribution in [2.45, 2.75) is 32.4 Å². The summed E-state index contributed by atoms with van der Waals surface area (Å²) in [5.74, 6) is -0.345. The lowest BCUT2D eigenvalue weighted by Crippen LogP contribution is -2.41. The number of nitrogens with one attached hydrogen (secondary N) is 3. The molecule has 1 aliphatic rings. The van der Waals surface area contributed by atoms with Gasteiger partial charge in [0.1, 0.15) is 6.04 Å². The van der Waals surface area contributed by atoms with Crippen molar-refractivity contribution < 1.29 is 14.4 Å². The van der Waals surface area contributed by atoms with Crippen LogP contribution >= 0.6 is 0 Å². The smallest absolute Gasteiger partial charge is 0.255 e. The lowest BCUT2D eigenvalue weighted by Gasteiger charge is -2.24. The topological polar surface area (TPSA) is 107 Å². The van der Waals surface area contributed by atoms with Crippen LogP contribution in [0.3, 0.4) is 0 Å². The van der Waals surface area contributed by atoms with Gasteiger partial charge in [-0.3, -0.25) is 19.5 Å². The second kappa shape index (κ2) is 9.05. The first-order valence-electron chi connectivity index (χ1n) is 10.5. The molecule has 32 heavy (non-hydrogen) atoms. The molecule has 164 valence electrons. The van der Waals surface area contributed by atoms with Gasteiger partial charge in [-0.2, -0.15) is 5.10 Å². The van der Waals surface area contributed by atoms with Gasteiger partial charge >= 0.3 is 0 Å². The van der Waals surface area contributed by atoms with Crippen LogP contribution in [-0.2, 0) is 16.1 Å². The summed E-state index contributed by atoms with van der Waals surface area (Å²) in [4.78, 5) is 40.0. The zero-order chi connectivity index (χ0) is 22.7. The van der Waals surface area contributed by atoms with E-state index in [0.717, 1.165) is 11.3 Å². The van der Waals surface area contributed by atoms with Crippen LogP contribution in [0.25, 0.3) is 0 Å². The molecule has 0 aliphatic carbocycles. The maximum atomic E-state index is 13.1. The number of rotatable bonds is 7. The van der Waals surface area contributed by atoms with E-state index in [1.54, 1.807) is 30.3 Å². The minimum absolute atomic E-state index is 0.202. The molecule has 0 fully saturated rings. The number of benzene rings is 2. The maximum Gasteiger partial charge on any atom is 0.255 e. The van der Waals surface area contributed by atoms with Gasteiger partial charge in [-0.05, 0) is 23.1 Å². The number of hydrogen-bond acceptors (Lipinski definition) is 4. The number of H-pyrrole nitrogens is 1. The second-order valence-electron chi connectivity index (χ2n) is 8.04. The third-order valence-electron chi connectivity index (χ3n) is 5.41. The fraction of sp³-hybridized carbons (Fsp3) is 0.250. The Labute approximate surface area is 186 Å². The summed E-state index contributed by atoms with van der Waals surface area (Å²) in [5, 5.41) is 12.3. The van der Waals surface area contributed by atoms with Gasteiger partial charge in [-0.15, -0.1) is 0 Å². The van der Waals surface area contributed by atoms with Crippen LogP contribution in [0, 0.1) is 0 Å². The molecule has 0 saturated carbocycles.